The average molecular weight is 1780 g/mol. The molecule has 626 valence electrons. The number of carboxylic acids is 1. The molecule has 0 atom stereocenters. The summed E-state index contributed by atoms with van der Waals surface area (Å²) in [5.74, 6) is -1.50. The van der Waals surface area contributed by atoms with Gasteiger partial charge in [0.2, 0.25) is 0 Å². The number of carbonyl (C=O) groups is 4. The van der Waals surface area contributed by atoms with Crippen molar-refractivity contribution in [2.45, 2.75) is 58.3 Å². The second-order valence-corrected chi connectivity index (χ2v) is 27.7. The van der Waals surface area contributed by atoms with Gasteiger partial charge in [0.15, 0.2) is 0 Å². The van der Waals surface area contributed by atoms with Crippen LogP contribution in [0.2, 0.25) is 0 Å². The van der Waals surface area contributed by atoms with Gasteiger partial charge in [-0.15, -0.1) is 45.6 Å². The van der Waals surface area contributed by atoms with Crippen molar-refractivity contribution in [1.82, 2.24) is 34.1 Å². The third kappa shape index (κ3) is 33.4. The van der Waals surface area contributed by atoms with E-state index in [4.69, 9.17) is 21.8 Å². The van der Waals surface area contributed by atoms with Crippen LogP contribution in [0.1, 0.15) is 48.4 Å². The van der Waals surface area contributed by atoms with Crippen molar-refractivity contribution < 1.29 is 122 Å². The number of carbonyl (C=O) groups excluding carboxylic acids is 3. The number of aliphatic carboxylic acids is 1. The molecule has 0 aliphatic rings. The van der Waals surface area contributed by atoms with Gasteiger partial charge in [-0.05, 0) is 127 Å². The Morgan fingerprint density at radius 2 is 0.729 bits per heavy atom. The van der Waals surface area contributed by atoms with Gasteiger partial charge in [-0.1, -0.05) is 125 Å². The fraction of sp³-hybridized carbons (Fsp3) is 0.241. The third-order valence-electron chi connectivity index (χ3n) is 15.7. The number of methoxy groups -OCH3 is 6. The smallest absolute Gasteiger partial charge is 0.870 e. The summed E-state index contributed by atoms with van der Waals surface area (Å²) in [4.78, 5) is 62.3. The van der Waals surface area contributed by atoms with Gasteiger partial charge in [0.05, 0.1) is 74.1 Å². The molecule has 7 heterocycles. The molecule has 118 heavy (non-hydrogen) atoms. The molecular weight excluding hydrogens is 1690 g/mol. The van der Waals surface area contributed by atoms with E-state index in [0.29, 0.717) is 40.7 Å². The number of aromatic nitrogens is 7. The van der Waals surface area contributed by atoms with Crippen LogP contribution in [0.3, 0.4) is 0 Å². The minimum Gasteiger partial charge on any atom is -0.870 e. The molecule has 0 saturated heterocycles. The molecular formula is C83H85BrClF9LiN7O13S3. The number of fused-ring (bicyclic) bond motifs is 4. The van der Waals surface area contributed by atoms with Gasteiger partial charge in [-0.25, -0.2) is 29.3 Å². The van der Waals surface area contributed by atoms with Crippen LogP contribution in [-0.2, 0) is 85.1 Å². The number of hydrogen-bond donors (Lipinski definition) is 4. The van der Waals surface area contributed by atoms with Crippen molar-refractivity contribution in [3.05, 3.63) is 267 Å². The summed E-state index contributed by atoms with van der Waals surface area (Å²) in [6, 6.07) is 56.3. The fourth-order valence-electron chi connectivity index (χ4n) is 9.87. The number of thiazole rings is 3. The summed E-state index contributed by atoms with van der Waals surface area (Å²) >= 11 is 13.1. The van der Waals surface area contributed by atoms with Gasteiger partial charge in [0, 0.05) is 107 Å². The Bertz CT molecular complexity index is 4960. The van der Waals surface area contributed by atoms with Crippen molar-refractivity contribution in [3.8, 4) is 31.7 Å². The maximum absolute atomic E-state index is 12.7. The minimum absolute atomic E-state index is 0. The van der Waals surface area contributed by atoms with E-state index in [1.807, 2.05) is 94.1 Å². The number of halogens is 11. The second kappa shape index (κ2) is 52.0. The van der Waals surface area contributed by atoms with E-state index in [9.17, 15) is 58.7 Å². The van der Waals surface area contributed by atoms with Crippen LogP contribution < -0.4 is 18.9 Å². The molecule has 0 aliphatic carbocycles. The van der Waals surface area contributed by atoms with Crippen LogP contribution in [-0.4, -0.2) is 149 Å². The van der Waals surface area contributed by atoms with Crippen LogP contribution in [0.15, 0.2) is 219 Å². The summed E-state index contributed by atoms with van der Waals surface area (Å²) in [5.41, 5.74) is 7.48. The Labute approximate surface area is 712 Å². The molecule has 0 bridgehead atoms. The van der Waals surface area contributed by atoms with Gasteiger partial charge in [0.1, 0.15) is 40.2 Å². The predicted molar refractivity (Wildman–Crippen MR) is 443 cm³/mol. The molecule has 5 N–H and O–H groups in total. The topological polar surface area (TPSA) is 274 Å². The van der Waals surface area contributed by atoms with Gasteiger partial charge in [0.25, 0.3) is 0 Å². The van der Waals surface area contributed by atoms with Crippen molar-refractivity contribution in [2.24, 2.45) is 0 Å². The number of nitrogens with one attached hydrogen (secondary N) is 2. The van der Waals surface area contributed by atoms with Crippen molar-refractivity contribution in [1.29, 1.82) is 0 Å². The Morgan fingerprint density at radius 3 is 0.975 bits per heavy atom. The number of alkyl halides is 11. The molecule has 20 nitrogen and oxygen atoms in total. The van der Waals surface area contributed by atoms with Crippen LogP contribution in [0.25, 0.3) is 75.3 Å². The minimum atomic E-state index is -4.32. The predicted octanol–water partition coefficient (Wildman–Crippen LogP) is 17.8. The van der Waals surface area contributed by atoms with E-state index in [1.54, 1.807) is 0 Å². The van der Waals surface area contributed by atoms with Crippen molar-refractivity contribution in [3.63, 3.8) is 0 Å². The van der Waals surface area contributed by atoms with Crippen molar-refractivity contribution in [2.75, 3.05) is 74.9 Å². The fourth-order valence-corrected chi connectivity index (χ4v) is 13.5. The average Bonchev–Trinajstić information content (AvgIpc) is 1.68. The first-order chi connectivity index (χ1) is 55.4. The molecule has 0 spiro atoms. The van der Waals surface area contributed by atoms with E-state index in [0.717, 1.165) is 96.3 Å². The molecule has 0 saturated carbocycles. The van der Waals surface area contributed by atoms with E-state index in [2.05, 4.69) is 151 Å². The van der Waals surface area contributed by atoms with E-state index >= 15 is 0 Å². The Hall–Kier alpha value is -9.99. The molecule has 14 rings (SSSR count). The Kier molecular flexibility index (Phi) is 45.1. The number of para-hydroxylation sites is 4. The van der Waals surface area contributed by atoms with Crippen molar-refractivity contribution >= 4 is 129 Å². The zero-order valence-corrected chi connectivity index (χ0v) is 70.6. The summed E-state index contributed by atoms with van der Waals surface area (Å²) in [6.07, 6.45) is -4.97. The van der Waals surface area contributed by atoms with E-state index < -0.39 is 41.2 Å². The number of aliphatic hydroxyl groups excluding tert-OH is 1. The first kappa shape index (κ1) is 102. The zero-order chi connectivity index (χ0) is 85.5. The largest absolute Gasteiger partial charge is 1.00 e. The van der Waals surface area contributed by atoms with Gasteiger partial charge in [-0.2, -0.15) is 39.5 Å². The number of rotatable bonds is 15. The van der Waals surface area contributed by atoms with Crippen LogP contribution in [0.4, 0.5) is 39.5 Å². The molecule has 7 aromatic carbocycles. The third-order valence-corrected chi connectivity index (χ3v) is 20.1. The summed E-state index contributed by atoms with van der Waals surface area (Å²) in [6.45, 7) is 6.96. The summed E-state index contributed by atoms with van der Waals surface area (Å²) in [7, 11) is 9.22. The number of aromatic amines is 2. The zero-order valence-electron chi connectivity index (χ0n) is 65.8. The van der Waals surface area contributed by atoms with Crippen LogP contribution in [0.5, 0.6) is 0 Å². The molecule has 0 aliphatic heterocycles. The molecule has 0 radical (unpaired) electrons. The van der Waals surface area contributed by atoms with E-state index in [-0.39, 0.29) is 67.4 Å². The van der Waals surface area contributed by atoms with Gasteiger partial charge in [-0.3, -0.25) is 4.79 Å². The second-order valence-electron chi connectivity index (χ2n) is 23.6. The number of hydrogen-bond acceptors (Lipinski definition) is 18. The summed E-state index contributed by atoms with van der Waals surface area (Å²) in [5, 5.41) is 22.1. The number of ether oxygens (including phenoxy) is 6. The number of benzene rings is 7. The number of esters is 3. The van der Waals surface area contributed by atoms with Crippen LogP contribution in [0, 0.1) is 20.8 Å². The molecule has 35 heteroatoms. The molecule has 0 amide bonds. The first-order valence-electron chi connectivity index (χ1n) is 34.4. The van der Waals surface area contributed by atoms with Gasteiger partial charge < -0.3 is 63.2 Å². The number of carboxylic acid groups (broad SMARTS) is 1. The maximum Gasteiger partial charge on any atom is 1.00 e. The number of H-pyrrole nitrogens is 2. The van der Waals surface area contributed by atoms with Crippen LogP contribution >= 0.6 is 61.5 Å². The first-order valence-corrected chi connectivity index (χ1v) is 38.5. The monoisotopic (exact) mass is 1780 g/mol. The molecule has 14 aromatic rings. The SMILES string of the molecule is CO.COC(=O)CBr.COCC(=O)O.COCC(=O)OC.COCC(=O)OC.Cc1nc(-c2ccc(C(F)(F)F)cc2)sc1CCl.Cc1nc(-c2ccc(C(F)(F)F)cc2)sc1Cn1ccc2ccccc21.Cc1nc(-c2ccc(C(F)(F)F)cc2)sc1Cn1ccc2ccccc21.[Li+].[OH-].c1ccc2[nH]ccc2c1.c1ccc2[nH]ccc2c1. The normalized spacial score (nSPS) is 10.5. The molecule has 0 unspecified atom stereocenters. The molecule has 0 fully saturated rings. The quantitative estimate of drug-likeness (QED) is 0.0244. The Morgan fingerprint density at radius 1 is 0.432 bits per heavy atom. The Balaban J connectivity index is 0.000000363. The summed E-state index contributed by atoms with van der Waals surface area (Å²) < 4.78 is 144. The standard InChI is InChI=1S/2C20H15F3N2S.C12H9ClF3NS.2C8H7N.2C4H8O3.C3H5BrO2.C3H6O3.CH4O.Li.H2O/c2*1-13-18(12-25-11-10-14-4-2-3-5-17(14)25)26-19(24-13)15-6-8-16(9-7-15)20(21,22)23;1-7-10(6-13)18-11(17-7)8-2-4-9(5-3-8)12(14,15)16;2*1-2-4-8-7(3-1)5-6-9-8;2*1-6-3-4(5)7-2;1-6-3(5)2-4;1-6-2-3(4)5;1-2;;/h2*2-11H,12H2,1H3;2-5H,6H2,1H3;2*1-6,9H;2*3H2,1-2H3;2H2,1H3;2H2,1H3,(H,4,5);2H,1H3;;1H2/q;;;;;;;;;;+1;/p-1. The number of nitrogens with zero attached hydrogens (tertiary/aromatic N) is 5. The maximum atomic E-state index is 12.7. The number of aliphatic hydroxyl groups is 1. The van der Waals surface area contributed by atoms with E-state index in [1.165, 1.54) is 146 Å². The number of aryl methyl sites for hydroxylation is 3. The van der Waals surface area contributed by atoms with Gasteiger partial charge >= 0.3 is 61.3 Å². The molecule has 7 aromatic heterocycles.